The number of hydrogen-bond donors (Lipinski definition) is 2. The number of nitrogen functional groups attached to an aromatic ring is 1. The van der Waals surface area contributed by atoms with Gasteiger partial charge in [-0.25, -0.2) is 24.3 Å². The van der Waals surface area contributed by atoms with Gasteiger partial charge >= 0.3 is 6.18 Å². The van der Waals surface area contributed by atoms with Crippen LogP contribution in [0.4, 0.5) is 29.2 Å². The first kappa shape index (κ1) is 23.0. The van der Waals surface area contributed by atoms with Gasteiger partial charge < -0.3 is 15.5 Å². The Morgan fingerprint density at radius 3 is 2.71 bits per heavy atom. The summed E-state index contributed by atoms with van der Waals surface area (Å²) in [6.07, 6.45) is -1.34. The molecule has 1 aliphatic rings. The lowest BCUT2D eigenvalue weighted by atomic mass is 9.77. The van der Waals surface area contributed by atoms with E-state index in [1.165, 1.54) is 28.9 Å². The van der Waals surface area contributed by atoms with Gasteiger partial charge in [0, 0.05) is 31.4 Å². The summed E-state index contributed by atoms with van der Waals surface area (Å²) in [5.74, 6) is -1.18. The van der Waals surface area contributed by atoms with Crippen molar-refractivity contribution in [3.63, 3.8) is 0 Å². The molecule has 3 aromatic heterocycles. The molecule has 4 aromatic rings. The molecule has 1 atom stereocenters. The summed E-state index contributed by atoms with van der Waals surface area (Å²) in [6, 6.07) is 3.99. The van der Waals surface area contributed by atoms with E-state index in [9.17, 15) is 22.4 Å². The number of hydrogen-bond acceptors (Lipinski definition) is 6. The number of nitrogens with zero attached hydrogens (tertiary/aromatic N) is 5. The third-order valence-corrected chi connectivity index (χ3v) is 6.24. The molecule has 8 nitrogen and oxygen atoms in total. The number of carbonyl (C=O) groups is 1. The topological polar surface area (TPSA) is 111 Å². The summed E-state index contributed by atoms with van der Waals surface area (Å²) < 4.78 is 54.1. The van der Waals surface area contributed by atoms with Gasteiger partial charge in [0.05, 0.1) is 16.3 Å². The molecule has 1 aliphatic heterocycles. The predicted octanol–water partition coefficient (Wildman–Crippen LogP) is 4.31. The molecule has 0 saturated carbocycles. The number of anilines is 2. The van der Waals surface area contributed by atoms with E-state index in [0.29, 0.717) is 5.56 Å². The first-order valence-corrected chi connectivity index (χ1v) is 10.7. The van der Waals surface area contributed by atoms with Crippen LogP contribution >= 0.6 is 11.6 Å². The van der Waals surface area contributed by atoms with E-state index in [1.54, 1.807) is 13.1 Å². The molecule has 1 amide bonds. The Hall–Kier alpha value is -3.80. The number of imidazole rings is 1. The second-order valence-electron chi connectivity index (χ2n) is 8.21. The van der Waals surface area contributed by atoms with E-state index >= 15 is 0 Å². The lowest BCUT2D eigenvalue weighted by molar-refractivity contribution is -0.134. The summed E-state index contributed by atoms with van der Waals surface area (Å²) in [5.41, 5.74) is 5.91. The zero-order valence-electron chi connectivity index (χ0n) is 18.0. The van der Waals surface area contributed by atoms with Crippen molar-refractivity contribution in [3.8, 4) is 11.5 Å². The van der Waals surface area contributed by atoms with E-state index in [2.05, 4.69) is 25.3 Å². The summed E-state index contributed by atoms with van der Waals surface area (Å²) in [6.45, 7) is 1.56. The first-order valence-electron chi connectivity index (χ1n) is 10.3. The van der Waals surface area contributed by atoms with Crippen LogP contribution in [0.1, 0.15) is 30.2 Å². The Bertz CT molecular complexity index is 1500. The molecule has 5 rings (SSSR count). The van der Waals surface area contributed by atoms with Crippen LogP contribution in [0.3, 0.4) is 0 Å². The molecule has 4 heterocycles. The standard InChI is InChI=1S/C22H16ClF4N7O/c1-21(10-2-3-11(23)12(24)8-10)15-16(28)31-17(32-18(15)33-20(21)35)14-9-34-7-6-29-19(34)13(30-14)4-5-22(25,26)27/h2-3,6-9H,4-5H2,1H3,(H3,28,31,32,33,35). The highest BCUT2D eigenvalue weighted by Crippen LogP contribution is 2.45. The van der Waals surface area contributed by atoms with Crippen molar-refractivity contribution in [3.05, 3.63) is 64.5 Å². The van der Waals surface area contributed by atoms with Gasteiger partial charge in [0.2, 0.25) is 5.91 Å². The maximum absolute atomic E-state index is 14.2. The Morgan fingerprint density at radius 1 is 1.23 bits per heavy atom. The Kier molecular flexibility index (Phi) is 5.16. The van der Waals surface area contributed by atoms with Crippen molar-refractivity contribution in [2.75, 3.05) is 11.1 Å². The van der Waals surface area contributed by atoms with Gasteiger partial charge in [0.25, 0.3) is 0 Å². The van der Waals surface area contributed by atoms with Crippen molar-refractivity contribution >= 4 is 34.8 Å². The van der Waals surface area contributed by atoms with Gasteiger partial charge in [-0.1, -0.05) is 17.7 Å². The average molecular weight is 506 g/mol. The molecule has 180 valence electrons. The fourth-order valence-corrected chi connectivity index (χ4v) is 4.25. The van der Waals surface area contributed by atoms with E-state index in [4.69, 9.17) is 17.3 Å². The monoisotopic (exact) mass is 505 g/mol. The van der Waals surface area contributed by atoms with Gasteiger partial charge in [0.1, 0.15) is 28.6 Å². The van der Waals surface area contributed by atoms with Crippen LogP contribution in [0.5, 0.6) is 0 Å². The first-order chi connectivity index (χ1) is 16.5. The number of benzene rings is 1. The summed E-state index contributed by atoms with van der Waals surface area (Å²) >= 11 is 5.78. The molecule has 0 aliphatic carbocycles. The molecule has 0 radical (unpaired) electrons. The minimum absolute atomic E-state index is 0.00283. The molecule has 1 aromatic carbocycles. The van der Waals surface area contributed by atoms with Crippen LogP contribution in [-0.4, -0.2) is 36.4 Å². The SMILES string of the molecule is CC1(c2ccc(Cl)c(F)c2)C(=O)Nc2nc(-c3cn4ccnc4c(CCC(F)(F)F)n3)nc(N)c21. The van der Waals surface area contributed by atoms with Crippen molar-refractivity contribution < 1.29 is 22.4 Å². The third-order valence-electron chi connectivity index (χ3n) is 5.94. The van der Waals surface area contributed by atoms with Crippen LogP contribution < -0.4 is 11.1 Å². The Balaban J connectivity index is 1.61. The number of fused-ring (bicyclic) bond motifs is 2. The second-order valence-corrected chi connectivity index (χ2v) is 8.62. The highest BCUT2D eigenvalue weighted by Gasteiger charge is 2.48. The number of nitrogens with two attached hydrogens (primary N) is 1. The molecule has 1 unspecified atom stereocenters. The number of aromatic nitrogens is 5. The number of nitrogens with one attached hydrogen (secondary N) is 1. The van der Waals surface area contributed by atoms with Gasteiger partial charge in [-0.2, -0.15) is 13.2 Å². The van der Waals surface area contributed by atoms with E-state index in [1.807, 2.05) is 0 Å². The lowest BCUT2D eigenvalue weighted by Crippen LogP contribution is -2.33. The van der Waals surface area contributed by atoms with Crippen molar-refractivity contribution in [1.29, 1.82) is 0 Å². The molecule has 0 fully saturated rings. The molecule has 13 heteroatoms. The van der Waals surface area contributed by atoms with E-state index < -0.39 is 36.2 Å². The molecule has 0 bridgehead atoms. The number of aryl methyl sites for hydroxylation is 1. The zero-order chi connectivity index (χ0) is 25.1. The third kappa shape index (κ3) is 3.83. The fraction of sp³-hybridized carbons (Fsp3) is 0.227. The van der Waals surface area contributed by atoms with Gasteiger partial charge in [0.15, 0.2) is 11.5 Å². The Morgan fingerprint density at radius 2 is 2.00 bits per heavy atom. The fourth-order valence-electron chi connectivity index (χ4n) is 4.14. The van der Waals surface area contributed by atoms with E-state index in [0.717, 1.165) is 6.07 Å². The number of amides is 1. The highest BCUT2D eigenvalue weighted by atomic mass is 35.5. The van der Waals surface area contributed by atoms with Crippen LogP contribution in [0.25, 0.3) is 17.2 Å². The van der Waals surface area contributed by atoms with Crippen LogP contribution in [-0.2, 0) is 16.6 Å². The second kappa shape index (κ2) is 7.87. The van der Waals surface area contributed by atoms with E-state index in [-0.39, 0.29) is 45.1 Å². The summed E-state index contributed by atoms with van der Waals surface area (Å²) in [4.78, 5) is 30.0. The highest BCUT2D eigenvalue weighted by molar-refractivity contribution is 6.30. The average Bonchev–Trinajstić information content (AvgIpc) is 3.36. The maximum Gasteiger partial charge on any atom is 0.389 e. The molecule has 0 saturated heterocycles. The summed E-state index contributed by atoms with van der Waals surface area (Å²) in [7, 11) is 0. The van der Waals surface area contributed by atoms with Crippen LogP contribution in [0.2, 0.25) is 5.02 Å². The normalized spacial score (nSPS) is 17.6. The number of alkyl halides is 3. The predicted molar refractivity (Wildman–Crippen MR) is 119 cm³/mol. The van der Waals surface area contributed by atoms with Crippen molar-refractivity contribution in [2.45, 2.75) is 31.4 Å². The summed E-state index contributed by atoms with van der Waals surface area (Å²) in [5, 5.41) is 2.54. The quantitative estimate of drug-likeness (QED) is 0.400. The van der Waals surface area contributed by atoms with Crippen LogP contribution in [0.15, 0.2) is 36.8 Å². The zero-order valence-corrected chi connectivity index (χ0v) is 18.7. The smallest absolute Gasteiger partial charge is 0.383 e. The Labute approximate surface area is 200 Å². The molecular formula is C22H16ClF4N7O. The largest absolute Gasteiger partial charge is 0.389 e. The number of rotatable bonds is 4. The van der Waals surface area contributed by atoms with Gasteiger partial charge in [-0.05, 0) is 24.6 Å². The molecular weight excluding hydrogens is 490 g/mol. The van der Waals surface area contributed by atoms with Gasteiger partial charge in [-0.15, -0.1) is 0 Å². The molecule has 0 spiro atoms. The van der Waals surface area contributed by atoms with Crippen molar-refractivity contribution in [2.24, 2.45) is 0 Å². The van der Waals surface area contributed by atoms with Crippen molar-refractivity contribution in [1.82, 2.24) is 24.3 Å². The van der Waals surface area contributed by atoms with Crippen LogP contribution in [0, 0.1) is 5.82 Å². The van der Waals surface area contributed by atoms with Gasteiger partial charge in [-0.3, -0.25) is 4.79 Å². The number of carbonyl (C=O) groups excluding carboxylic acids is 1. The minimum Gasteiger partial charge on any atom is -0.383 e. The lowest BCUT2D eigenvalue weighted by Gasteiger charge is -2.23. The maximum atomic E-state index is 14.2. The minimum atomic E-state index is -4.37. The molecule has 35 heavy (non-hydrogen) atoms. The molecule has 3 N–H and O–H groups in total. The number of halogens is 5.